The third-order valence-corrected chi connectivity index (χ3v) is 4.02. The van der Waals surface area contributed by atoms with E-state index in [2.05, 4.69) is 17.1 Å². The maximum absolute atomic E-state index is 13.7. The van der Waals surface area contributed by atoms with Gasteiger partial charge in [0.05, 0.1) is 5.69 Å². The Morgan fingerprint density at radius 2 is 2.00 bits per heavy atom. The van der Waals surface area contributed by atoms with E-state index in [1.807, 2.05) is 12.1 Å². The summed E-state index contributed by atoms with van der Waals surface area (Å²) in [6, 6.07) is 11.3. The van der Waals surface area contributed by atoms with Crippen LogP contribution in [0.3, 0.4) is 0 Å². The molecule has 0 fully saturated rings. The highest BCUT2D eigenvalue weighted by Crippen LogP contribution is 2.20. The Balaban J connectivity index is 1.91. The van der Waals surface area contributed by atoms with Crippen LogP contribution >= 0.6 is 11.6 Å². The van der Waals surface area contributed by atoms with E-state index in [-0.39, 0.29) is 28.8 Å². The number of rotatable bonds is 8. The molecule has 0 unspecified atom stereocenters. The zero-order valence-corrected chi connectivity index (χ0v) is 14.9. The summed E-state index contributed by atoms with van der Waals surface area (Å²) in [5.74, 6) is -0.573. The average Bonchev–Trinajstić information content (AvgIpc) is 2.57. The summed E-state index contributed by atoms with van der Waals surface area (Å²) in [4.78, 5) is 14.2. The fourth-order valence-corrected chi connectivity index (χ4v) is 2.69. The van der Waals surface area contributed by atoms with Crippen molar-refractivity contribution in [2.75, 3.05) is 18.4 Å². The number of benzene rings is 2. The summed E-state index contributed by atoms with van der Waals surface area (Å²) in [5, 5.41) is 12.7. The van der Waals surface area contributed by atoms with Crippen molar-refractivity contribution in [3.63, 3.8) is 0 Å². The van der Waals surface area contributed by atoms with Gasteiger partial charge in [-0.2, -0.15) is 0 Å². The molecular weight excluding hydrogens is 343 g/mol. The molecule has 0 aliphatic heterocycles. The molecule has 0 saturated carbocycles. The number of hydrogen-bond donors (Lipinski definition) is 2. The van der Waals surface area contributed by atoms with E-state index in [0.29, 0.717) is 13.1 Å². The summed E-state index contributed by atoms with van der Waals surface area (Å²) in [7, 11) is 0. The lowest BCUT2D eigenvalue weighted by molar-refractivity contribution is -0.116. The number of halogens is 2. The van der Waals surface area contributed by atoms with E-state index >= 15 is 0 Å². The average molecular weight is 365 g/mol. The normalized spacial score (nSPS) is 10.9. The fraction of sp³-hybridized carbons (Fsp3) is 0.316. The Morgan fingerprint density at radius 3 is 2.68 bits per heavy atom. The molecule has 0 bridgehead atoms. The molecule has 4 nitrogen and oxygen atoms in total. The molecule has 2 aromatic carbocycles. The first-order valence-electron chi connectivity index (χ1n) is 8.23. The largest absolute Gasteiger partial charge is 0.508 e. The maximum atomic E-state index is 13.7. The minimum atomic E-state index is -0.555. The van der Waals surface area contributed by atoms with Gasteiger partial charge in [0.2, 0.25) is 5.91 Å². The van der Waals surface area contributed by atoms with Crippen LogP contribution in [0, 0.1) is 5.82 Å². The van der Waals surface area contributed by atoms with Gasteiger partial charge in [0.15, 0.2) is 0 Å². The standard InChI is InChI=1S/C19H22ClFN2O2/c1-2-10-23(13-14-5-3-4-6-18(14)24)11-9-19(25)22-17-8-7-15(20)12-16(17)21/h3-8,12,24H,2,9-11,13H2,1H3,(H,22,25). The van der Waals surface area contributed by atoms with Crippen molar-refractivity contribution in [3.05, 3.63) is 58.9 Å². The number of nitrogens with zero attached hydrogens (tertiary/aromatic N) is 1. The van der Waals surface area contributed by atoms with E-state index in [4.69, 9.17) is 11.6 Å². The Labute approximate surface area is 152 Å². The lowest BCUT2D eigenvalue weighted by atomic mass is 10.1. The predicted molar refractivity (Wildman–Crippen MR) is 98.3 cm³/mol. The van der Waals surface area contributed by atoms with Gasteiger partial charge < -0.3 is 10.4 Å². The van der Waals surface area contributed by atoms with Crippen LogP contribution in [-0.2, 0) is 11.3 Å². The van der Waals surface area contributed by atoms with Crippen molar-refractivity contribution in [2.24, 2.45) is 0 Å². The SMILES string of the molecule is CCCN(CCC(=O)Nc1ccc(Cl)cc1F)Cc1ccccc1O. The number of carbonyl (C=O) groups excluding carboxylic acids is 1. The molecule has 134 valence electrons. The van der Waals surface area contributed by atoms with Gasteiger partial charge in [-0.15, -0.1) is 0 Å². The molecule has 1 amide bonds. The zero-order chi connectivity index (χ0) is 18.2. The van der Waals surface area contributed by atoms with E-state index in [9.17, 15) is 14.3 Å². The van der Waals surface area contributed by atoms with Crippen LogP contribution < -0.4 is 5.32 Å². The molecule has 0 aromatic heterocycles. The van der Waals surface area contributed by atoms with Crippen LogP contribution in [-0.4, -0.2) is 29.0 Å². The van der Waals surface area contributed by atoms with Crippen LogP contribution in [0.4, 0.5) is 10.1 Å². The van der Waals surface area contributed by atoms with E-state index in [1.165, 1.54) is 18.2 Å². The predicted octanol–water partition coefficient (Wildman–Crippen LogP) is 4.43. The highest BCUT2D eigenvalue weighted by atomic mass is 35.5. The molecule has 0 aliphatic rings. The van der Waals surface area contributed by atoms with Gasteiger partial charge >= 0.3 is 0 Å². The smallest absolute Gasteiger partial charge is 0.225 e. The third kappa shape index (κ3) is 6.03. The number of amides is 1. The molecule has 0 spiro atoms. The van der Waals surface area contributed by atoms with Gasteiger partial charge in [-0.3, -0.25) is 9.69 Å². The molecule has 25 heavy (non-hydrogen) atoms. The lowest BCUT2D eigenvalue weighted by Gasteiger charge is -2.22. The summed E-state index contributed by atoms with van der Waals surface area (Å²) < 4.78 is 13.7. The quantitative estimate of drug-likeness (QED) is 0.728. The van der Waals surface area contributed by atoms with Gasteiger partial charge in [0.25, 0.3) is 0 Å². The highest BCUT2D eigenvalue weighted by molar-refractivity contribution is 6.30. The van der Waals surface area contributed by atoms with Gasteiger partial charge in [-0.25, -0.2) is 4.39 Å². The Morgan fingerprint density at radius 1 is 1.24 bits per heavy atom. The zero-order valence-electron chi connectivity index (χ0n) is 14.1. The van der Waals surface area contributed by atoms with Crippen molar-refractivity contribution < 1.29 is 14.3 Å². The minimum Gasteiger partial charge on any atom is -0.508 e. The Kier molecular flexibility index (Phi) is 7.22. The number of carbonyl (C=O) groups is 1. The fourth-order valence-electron chi connectivity index (χ4n) is 2.53. The molecule has 2 N–H and O–H groups in total. The molecule has 0 radical (unpaired) electrons. The van der Waals surface area contributed by atoms with Crippen molar-refractivity contribution >= 4 is 23.2 Å². The molecule has 2 rings (SSSR count). The first kappa shape index (κ1) is 19.2. The van der Waals surface area contributed by atoms with Gasteiger partial charge in [-0.05, 0) is 37.2 Å². The van der Waals surface area contributed by atoms with Crippen molar-refractivity contribution in [1.29, 1.82) is 0 Å². The lowest BCUT2D eigenvalue weighted by Crippen LogP contribution is -2.28. The second-order valence-electron chi connectivity index (χ2n) is 5.83. The molecule has 6 heteroatoms. The second kappa shape index (κ2) is 9.39. The number of anilines is 1. The summed E-state index contributed by atoms with van der Waals surface area (Å²) in [6.07, 6.45) is 1.16. The number of para-hydroxylation sites is 1. The van der Waals surface area contributed by atoms with Crippen molar-refractivity contribution in [2.45, 2.75) is 26.3 Å². The van der Waals surface area contributed by atoms with Crippen LogP contribution in [0.1, 0.15) is 25.3 Å². The Bertz CT molecular complexity index is 724. The van der Waals surface area contributed by atoms with Crippen LogP contribution in [0.15, 0.2) is 42.5 Å². The summed E-state index contributed by atoms with van der Waals surface area (Å²) >= 11 is 5.70. The highest BCUT2D eigenvalue weighted by Gasteiger charge is 2.12. The molecule has 0 saturated heterocycles. The second-order valence-corrected chi connectivity index (χ2v) is 6.26. The number of nitrogens with one attached hydrogen (secondary N) is 1. The van der Waals surface area contributed by atoms with Gasteiger partial charge in [0, 0.05) is 30.1 Å². The first-order chi connectivity index (χ1) is 12.0. The number of hydrogen-bond acceptors (Lipinski definition) is 3. The number of phenols is 1. The van der Waals surface area contributed by atoms with E-state index in [0.717, 1.165) is 18.5 Å². The number of aromatic hydroxyl groups is 1. The topological polar surface area (TPSA) is 52.6 Å². The minimum absolute atomic E-state index is 0.122. The van der Waals surface area contributed by atoms with Crippen molar-refractivity contribution in [1.82, 2.24) is 4.90 Å². The van der Waals surface area contributed by atoms with Gasteiger partial charge in [-0.1, -0.05) is 36.7 Å². The molecule has 0 heterocycles. The Hall–Kier alpha value is -2.11. The maximum Gasteiger partial charge on any atom is 0.225 e. The molecule has 0 aliphatic carbocycles. The van der Waals surface area contributed by atoms with Crippen LogP contribution in [0.5, 0.6) is 5.75 Å². The third-order valence-electron chi connectivity index (χ3n) is 3.79. The first-order valence-corrected chi connectivity index (χ1v) is 8.61. The van der Waals surface area contributed by atoms with E-state index in [1.54, 1.807) is 12.1 Å². The van der Waals surface area contributed by atoms with Crippen LogP contribution in [0.25, 0.3) is 0 Å². The molecular formula is C19H22ClFN2O2. The summed E-state index contributed by atoms with van der Waals surface area (Å²) in [6.45, 7) is 3.93. The van der Waals surface area contributed by atoms with Crippen LogP contribution in [0.2, 0.25) is 5.02 Å². The summed E-state index contributed by atoms with van der Waals surface area (Å²) in [5.41, 5.74) is 0.942. The van der Waals surface area contributed by atoms with Crippen molar-refractivity contribution in [3.8, 4) is 5.75 Å². The monoisotopic (exact) mass is 364 g/mol. The van der Waals surface area contributed by atoms with E-state index < -0.39 is 5.82 Å². The van der Waals surface area contributed by atoms with Gasteiger partial charge in [0.1, 0.15) is 11.6 Å². The number of phenolic OH excluding ortho intramolecular Hbond substituents is 1. The molecule has 2 aromatic rings. The molecule has 0 atom stereocenters.